The highest BCUT2D eigenvalue weighted by atomic mass is 16.5. The minimum absolute atomic E-state index is 0.209. The van der Waals surface area contributed by atoms with Crippen LogP contribution in [0.25, 0.3) is 49.7 Å². The molecule has 0 bridgehead atoms. The summed E-state index contributed by atoms with van der Waals surface area (Å²) in [6.07, 6.45) is 6.61. The van der Waals surface area contributed by atoms with Gasteiger partial charge in [0.2, 0.25) is 5.78 Å². The minimum atomic E-state index is -0.209. The van der Waals surface area contributed by atoms with Gasteiger partial charge in [-0.1, -0.05) is 36.4 Å². The van der Waals surface area contributed by atoms with E-state index in [1.54, 1.807) is 25.6 Å². The third-order valence-corrected chi connectivity index (χ3v) is 5.80. The highest BCUT2D eigenvalue weighted by Gasteiger charge is 2.18. The lowest BCUT2D eigenvalue weighted by atomic mass is 10.1. The summed E-state index contributed by atoms with van der Waals surface area (Å²) in [5.41, 5.74) is 4.57. The van der Waals surface area contributed by atoms with E-state index in [1.807, 2.05) is 48.5 Å². The lowest BCUT2D eigenvalue weighted by molar-refractivity contribution is 0.104. The molecule has 154 valence electrons. The van der Waals surface area contributed by atoms with E-state index in [4.69, 9.17) is 4.74 Å². The molecule has 0 aliphatic rings. The van der Waals surface area contributed by atoms with Crippen molar-refractivity contribution in [3.05, 3.63) is 84.5 Å². The van der Waals surface area contributed by atoms with Crippen molar-refractivity contribution in [3.8, 4) is 5.75 Å². The lowest BCUT2D eigenvalue weighted by Gasteiger charge is -2.04. The highest BCUT2D eigenvalue weighted by molar-refractivity contribution is 6.19. The molecule has 0 atom stereocenters. The molecule has 6 nitrogen and oxygen atoms in total. The van der Waals surface area contributed by atoms with E-state index in [1.165, 1.54) is 6.08 Å². The number of nitrogens with zero attached hydrogens (tertiary/aromatic N) is 2. The quantitative estimate of drug-likeness (QED) is 0.286. The Kier molecular flexibility index (Phi) is 4.04. The number of nitrogens with one attached hydrogen (secondary N) is 2. The average molecular weight is 418 g/mol. The number of rotatable bonds is 4. The third kappa shape index (κ3) is 2.70. The van der Waals surface area contributed by atoms with E-state index in [-0.39, 0.29) is 5.78 Å². The maximum absolute atomic E-state index is 13.2. The molecule has 6 aromatic rings. The van der Waals surface area contributed by atoms with E-state index in [0.29, 0.717) is 22.7 Å². The molecule has 4 aromatic heterocycles. The van der Waals surface area contributed by atoms with Gasteiger partial charge in [-0.2, -0.15) is 0 Å². The molecule has 0 spiro atoms. The number of hydrogen-bond donors (Lipinski definition) is 2. The fourth-order valence-electron chi connectivity index (χ4n) is 4.32. The van der Waals surface area contributed by atoms with Gasteiger partial charge in [-0.15, -0.1) is 0 Å². The molecule has 0 aliphatic carbocycles. The van der Waals surface area contributed by atoms with Crippen molar-refractivity contribution in [2.45, 2.75) is 0 Å². The topological polar surface area (TPSA) is 83.7 Å². The van der Waals surface area contributed by atoms with E-state index < -0.39 is 0 Å². The fourth-order valence-corrected chi connectivity index (χ4v) is 4.32. The number of ether oxygens (including phenoxy) is 1. The Morgan fingerprint density at radius 3 is 2.41 bits per heavy atom. The number of aromatic nitrogens is 4. The summed E-state index contributed by atoms with van der Waals surface area (Å²) in [5, 5.41) is 4.04. The molecular formula is C26H18N4O2. The number of carbonyl (C=O) groups excluding carboxylic acids is 1. The molecule has 0 aliphatic heterocycles. The van der Waals surface area contributed by atoms with Crippen molar-refractivity contribution in [3.63, 3.8) is 0 Å². The molecule has 0 radical (unpaired) electrons. The van der Waals surface area contributed by atoms with Crippen molar-refractivity contribution in [2.24, 2.45) is 0 Å². The molecule has 0 unspecified atom stereocenters. The first kappa shape index (κ1) is 18.3. The largest absolute Gasteiger partial charge is 0.494 e. The van der Waals surface area contributed by atoms with Gasteiger partial charge < -0.3 is 14.7 Å². The summed E-state index contributed by atoms with van der Waals surface area (Å²) in [6, 6.07) is 18.0. The van der Waals surface area contributed by atoms with Gasteiger partial charge in [0.15, 0.2) is 0 Å². The Hall–Kier alpha value is -4.45. The monoisotopic (exact) mass is 418 g/mol. The first-order chi connectivity index (χ1) is 15.7. The van der Waals surface area contributed by atoms with Crippen molar-refractivity contribution < 1.29 is 9.53 Å². The molecule has 2 aromatic carbocycles. The van der Waals surface area contributed by atoms with Crippen molar-refractivity contribution in [1.82, 2.24) is 19.9 Å². The summed E-state index contributed by atoms with van der Waals surface area (Å²) in [4.78, 5) is 28.8. The van der Waals surface area contributed by atoms with Crippen LogP contribution < -0.4 is 4.74 Å². The van der Waals surface area contributed by atoms with Crippen LogP contribution in [0.15, 0.2) is 73.1 Å². The van der Waals surface area contributed by atoms with Crippen molar-refractivity contribution in [1.29, 1.82) is 0 Å². The van der Waals surface area contributed by atoms with E-state index in [0.717, 1.165) is 38.1 Å². The number of hydrogen-bond acceptors (Lipinski definition) is 4. The van der Waals surface area contributed by atoms with Gasteiger partial charge in [0.25, 0.3) is 0 Å². The smallest absolute Gasteiger partial charge is 0.206 e. The number of ketones is 1. The second-order valence-corrected chi connectivity index (χ2v) is 7.58. The maximum Gasteiger partial charge on any atom is 0.206 e. The molecule has 2 N–H and O–H groups in total. The molecule has 0 saturated heterocycles. The third-order valence-electron chi connectivity index (χ3n) is 5.80. The van der Waals surface area contributed by atoms with Crippen LogP contribution in [0.5, 0.6) is 5.75 Å². The van der Waals surface area contributed by atoms with Gasteiger partial charge >= 0.3 is 0 Å². The van der Waals surface area contributed by atoms with Crippen LogP contribution in [0.2, 0.25) is 0 Å². The van der Waals surface area contributed by atoms with Gasteiger partial charge in [0.1, 0.15) is 11.4 Å². The molecule has 4 heterocycles. The predicted molar refractivity (Wildman–Crippen MR) is 127 cm³/mol. The van der Waals surface area contributed by atoms with E-state index >= 15 is 0 Å². The minimum Gasteiger partial charge on any atom is -0.494 e. The van der Waals surface area contributed by atoms with Gasteiger partial charge in [-0.05, 0) is 30.4 Å². The van der Waals surface area contributed by atoms with E-state index in [2.05, 4.69) is 26.0 Å². The predicted octanol–water partition coefficient (Wildman–Crippen LogP) is 5.65. The number of methoxy groups -OCH3 is 1. The van der Waals surface area contributed by atoms with Crippen LogP contribution >= 0.6 is 0 Å². The van der Waals surface area contributed by atoms with Crippen LogP contribution in [0.3, 0.4) is 0 Å². The second-order valence-electron chi connectivity index (χ2n) is 7.58. The number of allylic oxidation sites excluding steroid dienone is 1. The lowest BCUT2D eigenvalue weighted by Crippen LogP contribution is -2.01. The van der Waals surface area contributed by atoms with Gasteiger partial charge in [-0.3, -0.25) is 9.78 Å². The molecule has 6 heteroatoms. The number of H-pyrrole nitrogens is 2. The van der Waals surface area contributed by atoms with Crippen LogP contribution in [0.1, 0.15) is 16.2 Å². The Morgan fingerprint density at radius 2 is 1.59 bits per heavy atom. The van der Waals surface area contributed by atoms with Crippen molar-refractivity contribution in [2.75, 3.05) is 7.11 Å². The normalized spacial score (nSPS) is 11.9. The second kappa shape index (κ2) is 7.06. The van der Waals surface area contributed by atoms with Crippen LogP contribution in [0.4, 0.5) is 0 Å². The van der Waals surface area contributed by atoms with Gasteiger partial charge in [-0.25, -0.2) is 4.98 Å². The zero-order chi connectivity index (χ0) is 21.7. The molecule has 0 fully saturated rings. The summed E-state index contributed by atoms with van der Waals surface area (Å²) in [7, 11) is 1.60. The summed E-state index contributed by atoms with van der Waals surface area (Å²) in [6.45, 7) is 0. The Balaban J connectivity index is 1.46. The standard InChI is InChI=1S/C26H18N4O2/c1-32-22-14-28-25(26-23(22)17-7-3-5-9-19(17)30-26)21(31)11-10-20-24-16(12-13-27-20)15-6-2-4-8-18(15)29-24/h2-14,29-30H,1H3/b11-10+. The number of benzene rings is 2. The molecule has 32 heavy (non-hydrogen) atoms. The maximum atomic E-state index is 13.2. The summed E-state index contributed by atoms with van der Waals surface area (Å²) >= 11 is 0. The molecule has 6 rings (SSSR count). The SMILES string of the molecule is COc1cnc(C(=O)/C=C/c2nccc3c2[nH]c2ccccc23)c2[nH]c3ccccc3c12. The van der Waals surface area contributed by atoms with Crippen LogP contribution in [0, 0.1) is 0 Å². The molecular weight excluding hydrogens is 400 g/mol. The van der Waals surface area contributed by atoms with Gasteiger partial charge in [0, 0.05) is 33.4 Å². The Labute approximate surface area is 182 Å². The average Bonchev–Trinajstić information content (AvgIpc) is 3.41. The van der Waals surface area contributed by atoms with Crippen molar-refractivity contribution >= 4 is 55.5 Å². The van der Waals surface area contributed by atoms with Gasteiger partial charge in [0.05, 0.1) is 35.4 Å². The molecule has 0 amide bonds. The summed E-state index contributed by atoms with van der Waals surface area (Å²) < 4.78 is 5.51. The van der Waals surface area contributed by atoms with E-state index in [9.17, 15) is 4.79 Å². The number of pyridine rings is 2. The zero-order valence-electron chi connectivity index (χ0n) is 17.2. The van der Waals surface area contributed by atoms with Crippen LogP contribution in [-0.4, -0.2) is 32.8 Å². The Morgan fingerprint density at radius 1 is 0.875 bits per heavy atom. The van der Waals surface area contributed by atoms with Crippen LogP contribution in [-0.2, 0) is 0 Å². The summed E-state index contributed by atoms with van der Waals surface area (Å²) in [5.74, 6) is 0.418. The number of aromatic amines is 2. The first-order valence-electron chi connectivity index (χ1n) is 10.3. The number of carbonyl (C=O) groups is 1. The zero-order valence-corrected chi connectivity index (χ0v) is 17.2. The number of fused-ring (bicyclic) bond motifs is 6. The Bertz CT molecular complexity index is 1690. The highest BCUT2D eigenvalue weighted by Crippen LogP contribution is 2.34. The fraction of sp³-hybridized carbons (Fsp3) is 0.0385. The molecule has 0 saturated carbocycles. The first-order valence-corrected chi connectivity index (χ1v) is 10.3. The number of para-hydroxylation sites is 2.